The highest BCUT2D eigenvalue weighted by molar-refractivity contribution is 7.98. The lowest BCUT2D eigenvalue weighted by molar-refractivity contribution is 0.0531. The normalized spacial score (nSPS) is 10.9. The maximum Gasteiger partial charge on any atom is 0.348 e. The number of hydrogen-bond donors (Lipinski definition) is 1. The first kappa shape index (κ1) is 21.5. The zero-order valence-corrected chi connectivity index (χ0v) is 19.7. The number of hydrogen-bond acceptors (Lipinski definition) is 7. The van der Waals surface area contributed by atoms with Crippen LogP contribution in [0, 0.1) is 6.92 Å². The summed E-state index contributed by atoms with van der Waals surface area (Å²) in [6, 6.07) is 15.3. The summed E-state index contributed by atoms with van der Waals surface area (Å²) in [5.74, 6) is -0.610. The van der Waals surface area contributed by atoms with Gasteiger partial charge in [-0.3, -0.25) is 4.79 Å². The summed E-state index contributed by atoms with van der Waals surface area (Å²) in [5, 5.41) is 4.39. The van der Waals surface area contributed by atoms with Crippen LogP contribution in [0.25, 0.3) is 20.8 Å². The maximum absolute atomic E-state index is 13.1. The average molecular weight is 469 g/mol. The molecule has 31 heavy (non-hydrogen) atoms. The summed E-state index contributed by atoms with van der Waals surface area (Å²) in [6.07, 6.45) is 1.94. The average Bonchev–Trinajstić information content (AvgIpc) is 3.34. The molecule has 0 fully saturated rings. The van der Waals surface area contributed by atoms with E-state index in [1.165, 1.54) is 34.4 Å². The van der Waals surface area contributed by atoms with E-state index in [9.17, 15) is 9.59 Å². The van der Waals surface area contributed by atoms with Gasteiger partial charge in [0.2, 0.25) is 0 Å². The van der Waals surface area contributed by atoms with Gasteiger partial charge in [0.25, 0.3) is 5.91 Å². The van der Waals surface area contributed by atoms with Crippen LogP contribution in [-0.4, -0.2) is 29.7 Å². The fourth-order valence-corrected chi connectivity index (χ4v) is 6.06. The second kappa shape index (κ2) is 9.21. The molecule has 1 amide bonds. The largest absolute Gasteiger partial charge is 0.462 e. The number of fused-ring (bicyclic) bond motifs is 1. The fourth-order valence-electron chi connectivity index (χ4n) is 3.23. The van der Waals surface area contributed by atoms with E-state index in [1.54, 1.807) is 13.0 Å². The van der Waals surface area contributed by atoms with E-state index in [2.05, 4.69) is 5.32 Å². The van der Waals surface area contributed by atoms with Gasteiger partial charge in [-0.05, 0) is 49.9 Å². The van der Waals surface area contributed by atoms with Crippen molar-refractivity contribution in [1.82, 2.24) is 4.98 Å². The highest BCUT2D eigenvalue weighted by Gasteiger charge is 2.26. The molecule has 0 spiro atoms. The summed E-state index contributed by atoms with van der Waals surface area (Å²) in [4.78, 5) is 31.8. The van der Waals surface area contributed by atoms with E-state index >= 15 is 0 Å². The van der Waals surface area contributed by atoms with Crippen LogP contribution in [0.15, 0.2) is 53.4 Å². The third kappa shape index (κ3) is 4.23. The van der Waals surface area contributed by atoms with Gasteiger partial charge in [0.15, 0.2) is 0 Å². The summed E-state index contributed by atoms with van der Waals surface area (Å²) in [5.41, 5.74) is 3.00. The molecule has 1 N–H and O–H groups in total. The first-order chi connectivity index (χ1) is 15.0. The maximum atomic E-state index is 13.1. The van der Waals surface area contributed by atoms with Crippen molar-refractivity contribution >= 4 is 61.5 Å². The number of nitrogens with one attached hydrogen (secondary N) is 1. The van der Waals surface area contributed by atoms with E-state index in [0.29, 0.717) is 15.4 Å². The Bertz CT molecular complexity index is 1240. The highest BCUT2D eigenvalue weighted by atomic mass is 32.2. The van der Waals surface area contributed by atoms with E-state index in [1.807, 2.05) is 55.6 Å². The van der Waals surface area contributed by atoms with Gasteiger partial charge in [-0.25, -0.2) is 9.78 Å². The lowest BCUT2D eigenvalue weighted by atomic mass is 10.1. The first-order valence-electron chi connectivity index (χ1n) is 9.64. The van der Waals surface area contributed by atoms with Gasteiger partial charge in [-0.2, -0.15) is 0 Å². The van der Waals surface area contributed by atoms with E-state index in [0.717, 1.165) is 31.2 Å². The third-order valence-electron chi connectivity index (χ3n) is 4.69. The summed E-state index contributed by atoms with van der Waals surface area (Å²) in [7, 11) is 0. The van der Waals surface area contributed by atoms with Crippen molar-refractivity contribution in [3.63, 3.8) is 0 Å². The number of thioether (sulfide) groups is 1. The van der Waals surface area contributed by atoms with Crippen LogP contribution in [-0.2, 0) is 4.74 Å². The van der Waals surface area contributed by atoms with Crippen LogP contribution in [0.2, 0.25) is 0 Å². The predicted octanol–water partition coefficient (Wildman–Crippen LogP) is 6.48. The number of amides is 1. The topological polar surface area (TPSA) is 68.3 Å². The molecule has 5 nitrogen and oxygen atoms in total. The van der Waals surface area contributed by atoms with Gasteiger partial charge in [0, 0.05) is 10.5 Å². The third-order valence-corrected chi connectivity index (χ3v) is 7.73. The minimum Gasteiger partial charge on any atom is -0.462 e. The summed E-state index contributed by atoms with van der Waals surface area (Å²) < 4.78 is 6.28. The van der Waals surface area contributed by atoms with Gasteiger partial charge >= 0.3 is 5.97 Å². The molecule has 0 unspecified atom stereocenters. The Labute approximate surface area is 192 Å². The standard InChI is InChI=1S/C23H20N2O3S3/c1-4-28-23(27)19-13(2)18(21-24-15-10-6-8-12-17(15)30-21)22(31-19)25-20(26)14-9-5-7-11-16(14)29-3/h5-12H,4H2,1-3H3,(H,25,26). The zero-order chi connectivity index (χ0) is 22.0. The number of anilines is 1. The smallest absolute Gasteiger partial charge is 0.348 e. The Kier molecular flexibility index (Phi) is 6.41. The Balaban J connectivity index is 1.81. The molecule has 0 saturated carbocycles. The molecule has 0 saturated heterocycles. The molecule has 4 rings (SSSR count). The van der Waals surface area contributed by atoms with Crippen molar-refractivity contribution in [2.75, 3.05) is 18.2 Å². The first-order valence-corrected chi connectivity index (χ1v) is 12.5. The highest BCUT2D eigenvalue weighted by Crippen LogP contribution is 2.44. The Morgan fingerprint density at radius 1 is 1.10 bits per heavy atom. The number of nitrogens with zero attached hydrogens (tertiary/aromatic N) is 1. The van der Waals surface area contributed by atoms with Crippen molar-refractivity contribution in [1.29, 1.82) is 0 Å². The lowest BCUT2D eigenvalue weighted by Gasteiger charge is -2.08. The van der Waals surface area contributed by atoms with Crippen molar-refractivity contribution < 1.29 is 14.3 Å². The molecule has 2 heterocycles. The van der Waals surface area contributed by atoms with Crippen LogP contribution in [0.1, 0.15) is 32.5 Å². The molecule has 0 radical (unpaired) electrons. The Morgan fingerprint density at radius 3 is 2.58 bits per heavy atom. The summed E-state index contributed by atoms with van der Waals surface area (Å²) >= 11 is 4.28. The van der Waals surface area contributed by atoms with Gasteiger partial charge < -0.3 is 10.1 Å². The summed E-state index contributed by atoms with van der Waals surface area (Å²) in [6.45, 7) is 3.93. The molecule has 8 heteroatoms. The van der Waals surface area contributed by atoms with Crippen LogP contribution in [0.5, 0.6) is 0 Å². The molecule has 0 aliphatic rings. The molecule has 4 aromatic rings. The molecular formula is C23H20N2O3S3. The van der Waals surface area contributed by atoms with Crippen molar-refractivity contribution in [2.24, 2.45) is 0 Å². The number of thiazole rings is 1. The van der Waals surface area contributed by atoms with E-state index in [-0.39, 0.29) is 12.5 Å². The Hall–Kier alpha value is -2.68. The minimum atomic E-state index is -0.391. The van der Waals surface area contributed by atoms with E-state index in [4.69, 9.17) is 9.72 Å². The SMILES string of the molecule is CCOC(=O)c1sc(NC(=O)c2ccccc2SC)c(-c2nc3ccccc3s2)c1C. The number of ether oxygens (including phenoxy) is 1. The van der Waals surface area contributed by atoms with Gasteiger partial charge in [-0.15, -0.1) is 34.4 Å². The molecule has 158 valence electrons. The predicted molar refractivity (Wildman–Crippen MR) is 130 cm³/mol. The van der Waals surface area contributed by atoms with Gasteiger partial charge in [0.1, 0.15) is 14.9 Å². The van der Waals surface area contributed by atoms with Gasteiger partial charge in [0.05, 0.1) is 22.4 Å². The monoisotopic (exact) mass is 468 g/mol. The molecule has 2 aromatic carbocycles. The second-order valence-corrected chi connectivity index (χ2v) is 9.52. The van der Waals surface area contributed by atoms with Crippen molar-refractivity contribution in [2.45, 2.75) is 18.7 Å². The second-order valence-electron chi connectivity index (χ2n) is 6.62. The Morgan fingerprint density at radius 2 is 1.84 bits per heavy atom. The number of rotatable bonds is 6. The molecule has 0 bridgehead atoms. The molecule has 0 atom stereocenters. The van der Waals surface area contributed by atoms with Crippen LogP contribution < -0.4 is 5.32 Å². The van der Waals surface area contributed by atoms with Crippen LogP contribution >= 0.6 is 34.4 Å². The lowest BCUT2D eigenvalue weighted by Crippen LogP contribution is -2.12. The number of thiophene rings is 1. The van der Waals surface area contributed by atoms with E-state index < -0.39 is 5.97 Å². The van der Waals surface area contributed by atoms with Crippen molar-refractivity contribution in [3.8, 4) is 10.6 Å². The molecule has 2 aromatic heterocycles. The number of carbonyl (C=O) groups excluding carboxylic acids is 2. The molecule has 0 aliphatic carbocycles. The van der Waals surface area contributed by atoms with Crippen molar-refractivity contribution in [3.05, 3.63) is 64.5 Å². The number of carbonyl (C=O) groups is 2. The fraction of sp³-hybridized carbons (Fsp3) is 0.174. The zero-order valence-electron chi connectivity index (χ0n) is 17.2. The molecular weight excluding hydrogens is 448 g/mol. The molecule has 0 aliphatic heterocycles. The number of aromatic nitrogens is 1. The quantitative estimate of drug-likeness (QED) is 0.259. The van der Waals surface area contributed by atoms with Crippen LogP contribution in [0.4, 0.5) is 5.00 Å². The number of benzene rings is 2. The minimum absolute atomic E-state index is 0.219. The number of para-hydroxylation sites is 1. The number of esters is 1. The van der Waals surface area contributed by atoms with Gasteiger partial charge in [-0.1, -0.05) is 24.3 Å². The van der Waals surface area contributed by atoms with Crippen LogP contribution in [0.3, 0.4) is 0 Å².